The van der Waals surface area contributed by atoms with Crippen molar-refractivity contribution in [3.63, 3.8) is 0 Å². The molecular formula is C16H17N3O. The summed E-state index contributed by atoms with van der Waals surface area (Å²) < 4.78 is 5.90. The van der Waals surface area contributed by atoms with Crippen molar-refractivity contribution in [3.8, 4) is 11.8 Å². The van der Waals surface area contributed by atoms with Crippen LogP contribution in [0.5, 0.6) is 5.75 Å². The van der Waals surface area contributed by atoms with Crippen LogP contribution in [0.2, 0.25) is 0 Å². The van der Waals surface area contributed by atoms with Crippen LogP contribution in [0.25, 0.3) is 0 Å². The fourth-order valence-electron chi connectivity index (χ4n) is 1.90. The molecule has 0 amide bonds. The van der Waals surface area contributed by atoms with E-state index >= 15 is 0 Å². The van der Waals surface area contributed by atoms with Crippen LogP contribution in [0, 0.1) is 18.3 Å². The second-order valence-electron chi connectivity index (χ2n) is 4.80. The van der Waals surface area contributed by atoms with Crippen LogP contribution in [0.3, 0.4) is 0 Å². The van der Waals surface area contributed by atoms with Crippen LogP contribution in [0.4, 0.5) is 0 Å². The highest BCUT2D eigenvalue weighted by Gasteiger charge is 2.18. The normalized spacial score (nSPS) is 13.3. The van der Waals surface area contributed by atoms with Gasteiger partial charge in [0.1, 0.15) is 23.6 Å². The van der Waals surface area contributed by atoms with Gasteiger partial charge in [-0.1, -0.05) is 29.8 Å². The molecule has 0 spiro atoms. The summed E-state index contributed by atoms with van der Waals surface area (Å²) in [6.07, 6.45) is 1.30. The monoisotopic (exact) mass is 267 g/mol. The number of rotatable bonds is 4. The smallest absolute Gasteiger partial charge is 0.140 e. The van der Waals surface area contributed by atoms with Crippen molar-refractivity contribution in [1.29, 1.82) is 5.26 Å². The molecule has 0 radical (unpaired) electrons. The maximum Gasteiger partial charge on any atom is 0.140 e. The highest BCUT2D eigenvalue weighted by atomic mass is 16.5. The third-order valence-electron chi connectivity index (χ3n) is 3.00. The van der Waals surface area contributed by atoms with Crippen molar-refractivity contribution in [1.82, 2.24) is 4.98 Å². The van der Waals surface area contributed by atoms with E-state index < -0.39 is 0 Å². The average molecular weight is 267 g/mol. The third-order valence-corrected chi connectivity index (χ3v) is 3.00. The average Bonchev–Trinajstić information content (AvgIpc) is 2.46. The van der Waals surface area contributed by atoms with Gasteiger partial charge in [0.05, 0.1) is 6.20 Å². The number of hydrogen-bond acceptors (Lipinski definition) is 4. The summed E-state index contributed by atoms with van der Waals surface area (Å²) in [6, 6.07) is 13.3. The summed E-state index contributed by atoms with van der Waals surface area (Å²) in [4.78, 5) is 3.99. The Morgan fingerprint density at radius 3 is 2.40 bits per heavy atom. The van der Waals surface area contributed by atoms with E-state index in [-0.39, 0.29) is 12.1 Å². The Balaban J connectivity index is 2.21. The van der Waals surface area contributed by atoms with Gasteiger partial charge >= 0.3 is 0 Å². The fourth-order valence-corrected chi connectivity index (χ4v) is 1.90. The molecule has 1 heterocycles. The van der Waals surface area contributed by atoms with Gasteiger partial charge in [-0.25, -0.2) is 4.98 Å². The van der Waals surface area contributed by atoms with Crippen molar-refractivity contribution in [2.45, 2.75) is 26.0 Å². The first-order valence-electron chi connectivity index (χ1n) is 6.45. The lowest BCUT2D eigenvalue weighted by Gasteiger charge is -2.23. The molecule has 2 unspecified atom stereocenters. The Labute approximate surface area is 118 Å². The van der Waals surface area contributed by atoms with Crippen LogP contribution >= 0.6 is 0 Å². The van der Waals surface area contributed by atoms with Crippen LogP contribution in [-0.4, -0.2) is 11.0 Å². The van der Waals surface area contributed by atoms with Crippen molar-refractivity contribution in [2.24, 2.45) is 5.73 Å². The zero-order chi connectivity index (χ0) is 14.5. The highest BCUT2D eigenvalue weighted by Crippen LogP contribution is 2.24. The zero-order valence-corrected chi connectivity index (χ0v) is 11.6. The predicted molar refractivity (Wildman–Crippen MR) is 77.1 cm³/mol. The van der Waals surface area contributed by atoms with Gasteiger partial charge in [0.2, 0.25) is 0 Å². The Kier molecular flexibility index (Phi) is 4.34. The maximum absolute atomic E-state index is 8.73. The second-order valence-corrected chi connectivity index (χ2v) is 4.80. The van der Waals surface area contributed by atoms with E-state index in [0.717, 1.165) is 5.56 Å². The fraction of sp³-hybridized carbons (Fsp3) is 0.250. The predicted octanol–water partition coefficient (Wildman–Crippen LogP) is 2.73. The highest BCUT2D eigenvalue weighted by molar-refractivity contribution is 5.29. The van der Waals surface area contributed by atoms with Gasteiger partial charge in [-0.15, -0.1) is 0 Å². The molecule has 0 aliphatic heterocycles. The minimum atomic E-state index is -0.245. The largest absolute Gasteiger partial charge is 0.482 e. The van der Waals surface area contributed by atoms with E-state index in [9.17, 15) is 0 Å². The van der Waals surface area contributed by atoms with E-state index in [4.69, 9.17) is 15.7 Å². The molecule has 0 bridgehead atoms. The molecule has 2 atom stereocenters. The minimum absolute atomic E-state index is 0.159. The third kappa shape index (κ3) is 3.34. The summed E-state index contributed by atoms with van der Waals surface area (Å²) in [5.41, 5.74) is 8.59. The SMILES string of the molecule is Cc1ccc(C(Oc2ccc(C#N)nc2)C(C)N)cc1. The van der Waals surface area contributed by atoms with E-state index in [1.54, 1.807) is 18.3 Å². The van der Waals surface area contributed by atoms with Crippen LogP contribution in [0.15, 0.2) is 42.6 Å². The number of aromatic nitrogens is 1. The van der Waals surface area contributed by atoms with E-state index in [1.807, 2.05) is 44.2 Å². The minimum Gasteiger partial charge on any atom is -0.482 e. The Morgan fingerprint density at radius 1 is 1.20 bits per heavy atom. The Morgan fingerprint density at radius 2 is 1.90 bits per heavy atom. The molecule has 2 aromatic rings. The topological polar surface area (TPSA) is 71.9 Å². The first kappa shape index (κ1) is 14.0. The van der Waals surface area contributed by atoms with Gasteiger partial charge in [-0.05, 0) is 31.5 Å². The quantitative estimate of drug-likeness (QED) is 0.924. The molecular weight excluding hydrogens is 250 g/mol. The number of nitrogens with zero attached hydrogens (tertiary/aromatic N) is 2. The number of ether oxygens (including phenoxy) is 1. The van der Waals surface area contributed by atoms with Gasteiger partial charge in [0.15, 0.2) is 0 Å². The summed E-state index contributed by atoms with van der Waals surface area (Å²) in [5.74, 6) is 0.604. The van der Waals surface area contributed by atoms with Gasteiger partial charge in [0, 0.05) is 6.04 Å². The zero-order valence-electron chi connectivity index (χ0n) is 11.6. The molecule has 0 aliphatic carbocycles. The van der Waals surface area contributed by atoms with Crippen LogP contribution in [0.1, 0.15) is 29.8 Å². The van der Waals surface area contributed by atoms with E-state index in [2.05, 4.69) is 4.98 Å². The summed E-state index contributed by atoms with van der Waals surface area (Å²) in [5, 5.41) is 8.73. The molecule has 0 saturated carbocycles. The number of nitrogens with two attached hydrogens (primary N) is 1. The van der Waals surface area contributed by atoms with Gasteiger partial charge in [-0.2, -0.15) is 5.26 Å². The summed E-state index contributed by atoms with van der Waals surface area (Å²) in [7, 11) is 0. The molecule has 1 aromatic heterocycles. The number of aryl methyl sites for hydroxylation is 1. The van der Waals surface area contributed by atoms with Gasteiger partial charge < -0.3 is 10.5 Å². The first-order valence-corrected chi connectivity index (χ1v) is 6.45. The van der Waals surface area contributed by atoms with Crippen molar-refractivity contribution >= 4 is 0 Å². The molecule has 0 fully saturated rings. The second kappa shape index (κ2) is 6.18. The summed E-state index contributed by atoms with van der Waals surface area (Å²) >= 11 is 0. The Bertz CT molecular complexity index is 597. The van der Waals surface area contributed by atoms with Gasteiger partial charge in [-0.3, -0.25) is 0 Å². The van der Waals surface area contributed by atoms with Crippen molar-refractivity contribution in [2.75, 3.05) is 0 Å². The number of benzene rings is 1. The van der Waals surface area contributed by atoms with E-state index in [1.165, 1.54) is 5.56 Å². The van der Waals surface area contributed by atoms with Crippen molar-refractivity contribution < 1.29 is 4.74 Å². The molecule has 4 heteroatoms. The molecule has 0 saturated heterocycles. The lowest BCUT2D eigenvalue weighted by molar-refractivity contribution is 0.180. The summed E-state index contributed by atoms with van der Waals surface area (Å²) in [6.45, 7) is 3.94. The van der Waals surface area contributed by atoms with E-state index in [0.29, 0.717) is 11.4 Å². The maximum atomic E-state index is 8.73. The molecule has 1 aromatic carbocycles. The lowest BCUT2D eigenvalue weighted by atomic mass is 10.0. The Hall–Kier alpha value is -2.38. The molecule has 20 heavy (non-hydrogen) atoms. The standard InChI is InChI=1S/C16H17N3O/c1-11-3-5-13(6-4-11)16(12(2)18)20-15-8-7-14(9-17)19-10-15/h3-8,10,12,16H,18H2,1-2H3. The number of hydrogen-bond donors (Lipinski definition) is 1. The van der Waals surface area contributed by atoms with Crippen LogP contribution < -0.4 is 10.5 Å². The molecule has 0 aliphatic rings. The molecule has 2 N–H and O–H groups in total. The first-order chi connectivity index (χ1) is 9.60. The number of pyridine rings is 1. The van der Waals surface area contributed by atoms with Gasteiger partial charge in [0.25, 0.3) is 0 Å². The molecule has 2 rings (SSSR count). The molecule has 102 valence electrons. The molecule has 4 nitrogen and oxygen atoms in total. The van der Waals surface area contributed by atoms with Crippen LogP contribution in [-0.2, 0) is 0 Å². The van der Waals surface area contributed by atoms with Crippen molar-refractivity contribution in [3.05, 3.63) is 59.4 Å². The lowest BCUT2D eigenvalue weighted by Crippen LogP contribution is -2.29. The number of nitriles is 1.